The third kappa shape index (κ3) is 6.94. The predicted octanol–water partition coefficient (Wildman–Crippen LogP) is 6.99. The van der Waals surface area contributed by atoms with Crippen molar-refractivity contribution in [1.29, 1.82) is 0 Å². The first-order valence-corrected chi connectivity index (χ1v) is 18.5. The number of alkyl halides is 1. The molecule has 2 amide bonds. The molecule has 3 heterocycles. The van der Waals surface area contributed by atoms with E-state index in [9.17, 15) is 9.59 Å². The molecule has 0 spiro atoms. The fourth-order valence-corrected chi connectivity index (χ4v) is 9.23. The van der Waals surface area contributed by atoms with Crippen LogP contribution in [0.15, 0.2) is 42.5 Å². The van der Waals surface area contributed by atoms with Crippen molar-refractivity contribution in [3.05, 3.63) is 58.6 Å². The summed E-state index contributed by atoms with van der Waals surface area (Å²) in [6, 6.07) is 14.0. The zero-order chi connectivity index (χ0) is 34.2. The molecule has 4 fully saturated rings. The minimum absolute atomic E-state index is 0.0317. The summed E-state index contributed by atoms with van der Waals surface area (Å²) in [5.74, 6) is 1.04. The van der Waals surface area contributed by atoms with E-state index in [0.29, 0.717) is 36.6 Å². The molecule has 7 nitrogen and oxygen atoms in total. The molecule has 48 heavy (non-hydrogen) atoms. The Morgan fingerprint density at radius 2 is 1.67 bits per heavy atom. The van der Waals surface area contributed by atoms with E-state index in [1.165, 1.54) is 5.56 Å². The van der Waals surface area contributed by atoms with E-state index in [-0.39, 0.29) is 36.1 Å². The van der Waals surface area contributed by atoms with Gasteiger partial charge in [-0.3, -0.25) is 14.5 Å². The average molecular weight is 681 g/mol. The molecule has 0 unspecified atom stereocenters. The monoisotopic (exact) mass is 680 g/mol. The first-order chi connectivity index (χ1) is 23.0. The molecular formula is C39H54ClFN4O3. The molecule has 4 atom stereocenters. The Hall–Kier alpha value is -2.84. The molecule has 4 aliphatic rings. The number of piperidine rings is 1. The number of rotatable bonds is 8. The third-order valence-corrected chi connectivity index (χ3v) is 12.3. The van der Waals surface area contributed by atoms with E-state index in [1.807, 2.05) is 55.4 Å². The van der Waals surface area contributed by atoms with Crippen molar-refractivity contribution in [2.45, 2.75) is 82.3 Å². The lowest BCUT2D eigenvalue weighted by molar-refractivity contribution is -0.143. The third-order valence-electron chi connectivity index (χ3n) is 12.0. The fourth-order valence-electron chi connectivity index (χ4n) is 9.06. The molecule has 2 aromatic rings. The Morgan fingerprint density at radius 3 is 2.29 bits per heavy atom. The quantitative estimate of drug-likeness (QED) is 0.301. The summed E-state index contributed by atoms with van der Waals surface area (Å²) in [7, 11) is 5.28. The van der Waals surface area contributed by atoms with Crippen molar-refractivity contribution in [2.75, 3.05) is 65.4 Å². The molecule has 0 bridgehead atoms. The van der Waals surface area contributed by atoms with Crippen LogP contribution >= 0.6 is 11.6 Å². The number of halogens is 2. The predicted molar refractivity (Wildman–Crippen MR) is 191 cm³/mol. The Bertz CT molecular complexity index is 1440. The molecule has 6 rings (SSSR count). The van der Waals surface area contributed by atoms with Crippen LogP contribution in [0.4, 0.5) is 10.1 Å². The Kier molecular flexibility index (Phi) is 10.6. The van der Waals surface area contributed by atoms with Crippen molar-refractivity contribution in [1.82, 2.24) is 14.7 Å². The first-order valence-electron chi connectivity index (χ1n) is 18.1. The summed E-state index contributed by atoms with van der Waals surface area (Å²) in [5, 5.41) is 0.674. The van der Waals surface area contributed by atoms with Gasteiger partial charge < -0.3 is 19.4 Å². The SMILES string of the molecule is CC[C@H]1CN(C(=O)[C@]2(F)CN([C@H]3CC[C@H](C)CC3)C[C@H]2c2ccc(OC)cc2)C[C@@H]1c1ccc(Cl)cc1N1CCC(C(=O)N(C)C)CC1. The normalized spacial score (nSPS) is 30.1. The van der Waals surface area contributed by atoms with E-state index < -0.39 is 11.6 Å². The second-order valence-electron chi connectivity index (χ2n) is 15.2. The van der Waals surface area contributed by atoms with Crippen molar-refractivity contribution in [3.63, 3.8) is 0 Å². The highest BCUT2D eigenvalue weighted by Crippen LogP contribution is 2.47. The summed E-state index contributed by atoms with van der Waals surface area (Å²) in [6.07, 6.45) is 6.91. The van der Waals surface area contributed by atoms with Gasteiger partial charge in [-0.05, 0) is 85.8 Å². The number of carbonyl (C=O) groups excluding carboxylic acids is 2. The Morgan fingerprint density at radius 1 is 0.979 bits per heavy atom. The van der Waals surface area contributed by atoms with Crippen molar-refractivity contribution in [3.8, 4) is 5.75 Å². The van der Waals surface area contributed by atoms with E-state index in [2.05, 4.69) is 29.7 Å². The van der Waals surface area contributed by atoms with Gasteiger partial charge in [0, 0.05) is 87.9 Å². The molecule has 1 saturated carbocycles. The van der Waals surface area contributed by atoms with Crippen LogP contribution in [0.2, 0.25) is 5.02 Å². The largest absolute Gasteiger partial charge is 0.497 e. The van der Waals surface area contributed by atoms with Gasteiger partial charge in [-0.2, -0.15) is 0 Å². The number of hydrogen-bond donors (Lipinski definition) is 0. The summed E-state index contributed by atoms with van der Waals surface area (Å²) in [6.45, 7) is 7.76. The Balaban J connectivity index is 1.25. The van der Waals surface area contributed by atoms with Crippen molar-refractivity contribution >= 4 is 29.1 Å². The maximum atomic E-state index is 17.8. The number of amides is 2. The fraction of sp³-hybridized carbons (Fsp3) is 0.641. The van der Waals surface area contributed by atoms with Crippen molar-refractivity contribution < 1.29 is 18.7 Å². The van der Waals surface area contributed by atoms with Gasteiger partial charge in [-0.15, -0.1) is 0 Å². The van der Waals surface area contributed by atoms with Crippen LogP contribution in [-0.4, -0.2) is 98.7 Å². The van der Waals surface area contributed by atoms with E-state index >= 15 is 4.39 Å². The standard InChI is InChI=1S/C39H54ClFN4O3/c1-6-27-22-44(23-34(27)33-16-11-30(40)21-36(33)43-19-17-29(18-20-43)37(46)42(3)4)38(47)39(41)25-45(31-12-7-26(2)8-13-31)24-35(39)28-9-14-32(48-5)15-10-28/h9-11,14-16,21,26-27,29,31,34-35H,6-8,12-13,17-20,22-25H2,1-5H3/t26-,27-,31-,34-,35-,39-/m0/s1. The number of methoxy groups -OCH3 is 1. The Labute approximate surface area is 291 Å². The van der Waals surface area contributed by atoms with E-state index in [1.54, 1.807) is 12.0 Å². The number of hydrogen-bond acceptors (Lipinski definition) is 5. The minimum atomic E-state index is -2.01. The highest BCUT2D eigenvalue weighted by molar-refractivity contribution is 6.30. The molecular weight excluding hydrogens is 627 g/mol. The summed E-state index contributed by atoms with van der Waals surface area (Å²) in [4.78, 5) is 35.5. The highest BCUT2D eigenvalue weighted by atomic mass is 35.5. The number of ether oxygens (including phenoxy) is 1. The van der Waals surface area contributed by atoms with Crippen molar-refractivity contribution in [2.24, 2.45) is 17.8 Å². The van der Waals surface area contributed by atoms with Gasteiger partial charge in [-0.1, -0.05) is 50.1 Å². The number of anilines is 1. The van der Waals surface area contributed by atoms with Crippen LogP contribution in [0.3, 0.4) is 0 Å². The van der Waals surface area contributed by atoms with E-state index in [4.69, 9.17) is 16.3 Å². The molecule has 3 saturated heterocycles. The molecule has 262 valence electrons. The number of benzene rings is 2. The maximum absolute atomic E-state index is 17.8. The molecule has 0 radical (unpaired) electrons. The molecule has 0 aromatic heterocycles. The zero-order valence-corrected chi connectivity index (χ0v) is 30.2. The molecule has 0 N–H and O–H groups in total. The number of likely N-dealkylation sites (tertiary alicyclic amines) is 2. The summed E-state index contributed by atoms with van der Waals surface area (Å²) >= 11 is 6.58. The first kappa shape index (κ1) is 35.0. The lowest BCUT2D eigenvalue weighted by atomic mass is 9.85. The maximum Gasteiger partial charge on any atom is 0.262 e. The van der Waals surface area contributed by atoms with Gasteiger partial charge in [0.05, 0.1) is 7.11 Å². The van der Waals surface area contributed by atoms with Gasteiger partial charge in [-0.25, -0.2) is 4.39 Å². The summed E-state index contributed by atoms with van der Waals surface area (Å²) < 4.78 is 23.2. The number of nitrogens with zero attached hydrogens (tertiary/aromatic N) is 4. The van der Waals surface area contributed by atoms with Crippen LogP contribution in [-0.2, 0) is 9.59 Å². The topological polar surface area (TPSA) is 56.3 Å². The highest BCUT2D eigenvalue weighted by Gasteiger charge is 2.57. The number of carbonyl (C=O) groups is 2. The van der Waals surface area contributed by atoms with Gasteiger partial charge in [0.2, 0.25) is 11.6 Å². The van der Waals surface area contributed by atoms with Gasteiger partial charge in [0.1, 0.15) is 5.75 Å². The second kappa shape index (κ2) is 14.6. The van der Waals surface area contributed by atoms with Crippen LogP contribution in [0.1, 0.15) is 81.8 Å². The van der Waals surface area contributed by atoms with Gasteiger partial charge in [0.25, 0.3) is 5.91 Å². The van der Waals surface area contributed by atoms with Crippen LogP contribution < -0.4 is 9.64 Å². The van der Waals surface area contributed by atoms with Gasteiger partial charge >= 0.3 is 0 Å². The summed E-state index contributed by atoms with van der Waals surface area (Å²) in [5.41, 5.74) is 1.11. The van der Waals surface area contributed by atoms with E-state index in [0.717, 1.165) is 75.0 Å². The molecule has 9 heteroatoms. The molecule has 1 aliphatic carbocycles. The minimum Gasteiger partial charge on any atom is -0.497 e. The second-order valence-corrected chi connectivity index (χ2v) is 15.6. The smallest absolute Gasteiger partial charge is 0.262 e. The lowest BCUT2D eigenvalue weighted by Gasteiger charge is -2.36. The van der Waals surface area contributed by atoms with Crippen LogP contribution in [0, 0.1) is 17.8 Å². The average Bonchev–Trinajstić information content (AvgIpc) is 3.70. The lowest BCUT2D eigenvalue weighted by Crippen LogP contribution is -2.50. The van der Waals surface area contributed by atoms with Crippen LogP contribution in [0.5, 0.6) is 5.75 Å². The molecule has 2 aromatic carbocycles. The zero-order valence-electron chi connectivity index (χ0n) is 29.5. The van der Waals surface area contributed by atoms with Crippen LogP contribution in [0.25, 0.3) is 0 Å². The molecule has 3 aliphatic heterocycles. The van der Waals surface area contributed by atoms with Gasteiger partial charge in [0.15, 0.2) is 0 Å².